The molecule has 2 bridgehead atoms. The fraction of sp³-hybridized carbons (Fsp3) is 0.600. The van der Waals surface area contributed by atoms with Crippen LogP contribution in [0.15, 0.2) is 18.2 Å². The lowest BCUT2D eigenvalue weighted by molar-refractivity contribution is 0.372. The maximum atomic E-state index is 13.4. The molecule has 3 saturated carbocycles. The minimum Gasteiger partial charge on any atom is -0.271 e. The monoisotopic (exact) mass is 264 g/mol. The Kier molecular flexibility index (Phi) is 2.48. The van der Waals surface area contributed by atoms with Crippen molar-refractivity contribution in [1.29, 1.82) is 0 Å². The minimum absolute atomic E-state index is 0.108. The number of hydrogen-bond donors (Lipinski definition) is 2. The number of hydrogen-bond acceptors (Lipinski definition) is 2. The lowest BCUT2D eigenvalue weighted by Gasteiger charge is -2.20. The van der Waals surface area contributed by atoms with Crippen molar-refractivity contribution in [1.82, 2.24) is 5.43 Å². The molecule has 2 nitrogen and oxygen atoms in total. The standard InChI is InChI=1S/C15H18F2N2/c16-10-4-9(5-11(17)6-10)15(19-18)14-12-7-1-2-8(3-7)13(12)14/h4-8,12-15,19H,1-3,18H2. The molecule has 0 saturated heterocycles. The molecule has 0 heterocycles. The fourth-order valence-corrected chi connectivity index (χ4v) is 5.02. The van der Waals surface area contributed by atoms with E-state index >= 15 is 0 Å². The number of benzene rings is 1. The summed E-state index contributed by atoms with van der Waals surface area (Å²) in [6.07, 6.45) is 4.02. The second-order valence-electron chi connectivity index (χ2n) is 6.41. The molecule has 1 aromatic carbocycles. The average molecular weight is 264 g/mol. The predicted octanol–water partition coefficient (Wildman–Crippen LogP) is 2.76. The Morgan fingerprint density at radius 3 is 2.16 bits per heavy atom. The number of fused-ring (bicyclic) bond motifs is 5. The van der Waals surface area contributed by atoms with Crippen molar-refractivity contribution in [2.45, 2.75) is 25.3 Å². The summed E-state index contributed by atoms with van der Waals surface area (Å²) >= 11 is 0. The van der Waals surface area contributed by atoms with Crippen LogP contribution in [0.4, 0.5) is 8.78 Å². The van der Waals surface area contributed by atoms with Crippen LogP contribution in [0.3, 0.4) is 0 Å². The van der Waals surface area contributed by atoms with Crippen molar-refractivity contribution in [3.05, 3.63) is 35.4 Å². The van der Waals surface area contributed by atoms with E-state index in [0.29, 0.717) is 11.5 Å². The van der Waals surface area contributed by atoms with Gasteiger partial charge in [-0.1, -0.05) is 0 Å². The van der Waals surface area contributed by atoms with Gasteiger partial charge < -0.3 is 0 Å². The molecule has 3 aliphatic carbocycles. The first kappa shape index (κ1) is 11.8. The third-order valence-electron chi connectivity index (χ3n) is 5.60. The van der Waals surface area contributed by atoms with Gasteiger partial charge in [0.1, 0.15) is 11.6 Å². The highest BCUT2D eigenvalue weighted by atomic mass is 19.1. The van der Waals surface area contributed by atoms with Gasteiger partial charge in [-0.05, 0) is 66.5 Å². The molecule has 5 atom stereocenters. The topological polar surface area (TPSA) is 38.0 Å². The molecule has 0 aromatic heterocycles. The Hall–Kier alpha value is -1.00. The first-order valence-electron chi connectivity index (χ1n) is 7.11. The Bertz CT molecular complexity index is 483. The van der Waals surface area contributed by atoms with E-state index in [2.05, 4.69) is 5.43 Å². The summed E-state index contributed by atoms with van der Waals surface area (Å²) < 4.78 is 26.7. The molecule has 0 radical (unpaired) electrons. The summed E-state index contributed by atoms with van der Waals surface area (Å²) in [7, 11) is 0. The summed E-state index contributed by atoms with van der Waals surface area (Å²) in [5, 5.41) is 0. The quantitative estimate of drug-likeness (QED) is 0.651. The molecule has 1 aromatic rings. The maximum Gasteiger partial charge on any atom is 0.126 e. The fourth-order valence-electron chi connectivity index (χ4n) is 5.02. The summed E-state index contributed by atoms with van der Waals surface area (Å²) in [5.41, 5.74) is 3.45. The smallest absolute Gasteiger partial charge is 0.126 e. The van der Waals surface area contributed by atoms with Gasteiger partial charge in [0, 0.05) is 12.1 Å². The van der Waals surface area contributed by atoms with Gasteiger partial charge in [0.05, 0.1) is 0 Å². The highest BCUT2D eigenvalue weighted by Crippen LogP contribution is 2.72. The van der Waals surface area contributed by atoms with Crippen molar-refractivity contribution in [2.75, 3.05) is 0 Å². The first-order valence-corrected chi connectivity index (χ1v) is 7.11. The summed E-state index contributed by atoms with van der Waals surface area (Å²) in [4.78, 5) is 0. The maximum absolute atomic E-state index is 13.4. The van der Waals surface area contributed by atoms with Crippen LogP contribution >= 0.6 is 0 Å². The minimum atomic E-state index is -0.524. The molecule has 3 fully saturated rings. The van der Waals surface area contributed by atoms with E-state index in [1.165, 1.54) is 31.4 Å². The largest absolute Gasteiger partial charge is 0.271 e. The van der Waals surface area contributed by atoms with Crippen molar-refractivity contribution < 1.29 is 8.78 Å². The third kappa shape index (κ3) is 1.66. The van der Waals surface area contributed by atoms with E-state index in [1.807, 2.05) is 0 Å². The zero-order valence-corrected chi connectivity index (χ0v) is 10.7. The van der Waals surface area contributed by atoms with Crippen molar-refractivity contribution >= 4 is 0 Å². The highest BCUT2D eigenvalue weighted by Gasteiger charge is 2.66. The second-order valence-corrected chi connectivity index (χ2v) is 6.41. The van der Waals surface area contributed by atoms with Gasteiger partial charge in [-0.15, -0.1) is 0 Å². The normalized spacial score (nSPS) is 40.3. The van der Waals surface area contributed by atoms with Gasteiger partial charge in [-0.2, -0.15) is 0 Å². The van der Waals surface area contributed by atoms with E-state index in [-0.39, 0.29) is 6.04 Å². The molecular weight excluding hydrogens is 246 g/mol. The van der Waals surface area contributed by atoms with Crippen LogP contribution in [0.5, 0.6) is 0 Å². The third-order valence-corrected chi connectivity index (χ3v) is 5.60. The molecule has 102 valence electrons. The summed E-state index contributed by atoms with van der Waals surface area (Å²) in [6, 6.07) is 3.62. The van der Waals surface area contributed by atoms with E-state index < -0.39 is 11.6 Å². The summed E-state index contributed by atoms with van der Waals surface area (Å²) in [6.45, 7) is 0. The summed E-state index contributed by atoms with van der Waals surface area (Å²) in [5.74, 6) is 8.20. The molecule has 0 amide bonds. The van der Waals surface area contributed by atoms with Crippen LogP contribution in [0, 0.1) is 41.2 Å². The van der Waals surface area contributed by atoms with Gasteiger partial charge in [-0.3, -0.25) is 11.3 Å². The zero-order valence-electron chi connectivity index (χ0n) is 10.7. The van der Waals surface area contributed by atoms with E-state index in [9.17, 15) is 8.78 Å². The molecule has 4 rings (SSSR count). The molecular formula is C15H18F2N2. The number of rotatable bonds is 3. The molecule has 3 N–H and O–H groups in total. The first-order chi connectivity index (χ1) is 9.19. The molecule has 0 spiro atoms. The van der Waals surface area contributed by atoms with Crippen LogP contribution in [-0.2, 0) is 0 Å². The number of halogens is 2. The van der Waals surface area contributed by atoms with Gasteiger partial charge in [0.15, 0.2) is 0 Å². The Labute approximate surface area is 111 Å². The Morgan fingerprint density at radius 2 is 1.63 bits per heavy atom. The second kappa shape index (κ2) is 4.00. The van der Waals surface area contributed by atoms with Crippen LogP contribution in [0.1, 0.15) is 30.9 Å². The lowest BCUT2D eigenvalue weighted by Crippen LogP contribution is -2.31. The SMILES string of the molecule is NNC(c1cc(F)cc(F)c1)C1C2C3CCC(C3)C21. The van der Waals surface area contributed by atoms with E-state index in [4.69, 9.17) is 5.84 Å². The van der Waals surface area contributed by atoms with Crippen molar-refractivity contribution in [3.8, 4) is 0 Å². The van der Waals surface area contributed by atoms with Crippen LogP contribution < -0.4 is 11.3 Å². The van der Waals surface area contributed by atoms with Gasteiger partial charge in [0.2, 0.25) is 0 Å². The Morgan fingerprint density at radius 1 is 1.05 bits per heavy atom. The van der Waals surface area contributed by atoms with Gasteiger partial charge in [0.25, 0.3) is 0 Å². The highest BCUT2D eigenvalue weighted by molar-refractivity contribution is 5.27. The average Bonchev–Trinajstić information content (AvgIpc) is 2.79. The molecule has 19 heavy (non-hydrogen) atoms. The lowest BCUT2D eigenvalue weighted by atomic mass is 9.93. The van der Waals surface area contributed by atoms with Gasteiger partial charge in [-0.25, -0.2) is 8.78 Å². The van der Waals surface area contributed by atoms with E-state index in [0.717, 1.165) is 29.7 Å². The molecule has 5 unspecified atom stereocenters. The number of nitrogens with one attached hydrogen (secondary N) is 1. The molecule has 4 heteroatoms. The van der Waals surface area contributed by atoms with Crippen molar-refractivity contribution in [2.24, 2.45) is 35.4 Å². The molecule has 3 aliphatic rings. The van der Waals surface area contributed by atoms with Crippen LogP contribution in [-0.4, -0.2) is 0 Å². The van der Waals surface area contributed by atoms with Crippen LogP contribution in [0.2, 0.25) is 0 Å². The van der Waals surface area contributed by atoms with E-state index in [1.54, 1.807) is 0 Å². The van der Waals surface area contributed by atoms with Gasteiger partial charge >= 0.3 is 0 Å². The predicted molar refractivity (Wildman–Crippen MR) is 67.7 cm³/mol. The van der Waals surface area contributed by atoms with Crippen LogP contribution in [0.25, 0.3) is 0 Å². The van der Waals surface area contributed by atoms with Crippen molar-refractivity contribution in [3.63, 3.8) is 0 Å². The zero-order chi connectivity index (χ0) is 13.1. The number of hydrazine groups is 1. The Balaban J connectivity index is 1.62. The number of nitrogens with two attached hydrogens (primary N) is 1. The molecule has 0 aliphatic heterocycles.